The van der Waals surface area contributed by atoms with Crippen LogP contribution >= 0.6 is 0 Å². The van der Waals surface area contributed by atoms with E-state index in [-0.39, 0.29) is 18.3 Å². The predicted octanol–water partition coefficient (Wildman–Crippen LogP) is 2.83. The first-order valence-corrected chi connectivity index (χ1v) is 8.03. The first-order valence-electron chi connectivity index (χ1n) is 8.03. The van der Waals surface area contributed by atoms with Gasteiger partial charge in [-0.25, -0.2) is 9.37 Å². The Kier molecular flexibility index (Phi) is 3.92. The topological polar surface area (TPSA) is 94.0 Å². The van der Waals surface area contributed by atoms with Crippen molar-refractivity contribution in [3.63, 3.8) is 0 Å². The van der Waals surface area contributed by atoms with Crippen molar-refractivity contribution in [1.82, 2.24) is 24.3 Å². The number of nitrogens with zero attached hydrogens (tertiary/aromatic N) is 5. The van der Waals surface area contributed by atoms with Gasteiger partial charge in [0, 0.05) is 23.9 Å². The average Bonchev–Trinajstić information content (AvgIpc) is 3.01. The van der Waals surface area contributed by atoms with E-state index in [1.165, 1.54) is 6.07 Å². The Balaban J connectivity index is 1.65. The summed E-state index contributed by atoms with van der Waals surface area (Å²) < 4.78 is 15.7. The molecule has 0 radical (unpaired) electrons. The van der Waals surface area contributed by atoms with Gasteiger partial charge in [-0.15, -0.1) is 0 Å². The van der Waals surface area contributed by atoms with Crippen molar-refractivity contribution in [2.45, 2.75) is 13.5 Å². The molecule has 0 atom stereocenters. The van der Waals surface area contributed by atoms with Gasteiger partial charge in [-0.05, 0) is 25.1 Å². The molecule has 0 amide bonds. The summed E-state index contributed by atoms with van der Waals surface area (Å²) >= 11 is 0. The standard InChI is InChI=1S/C18H16FN7/c1-11-21-9-14-7-6-13(10-26(11)14)16-23-17(20)25-18(24-16)22-8-12-4-2-3-5-15(12)19/h2-7,9-10H,8H2,1H3,(H3,20,22,23,24,25). The van der Waals surface area contributed by atoms with Crippen LogP contribution in [0.3, 0.4) is 0 Å². The Morgan fingerprint density at radius 2 is 1.96 bits per heavy atom. The number of aromatic nitrogens is 5. The first-order chi connectivity index (χ1) is 12.6. The summed E-state index contributed by atoms with van der Waals surface area (Å²) in [5.74, 6) is 1.39. The largest absolute Gasteiger partial charge is 0.368 e. The van der Waals surface area contributed by atoms with Crippen LogP contribution in [0.4, 0.5) is 16.3 Å². The molecule has 26 heavy (non-hydrogen) atoms. The number of rotatable bonds is 4. The van der Waals surface area contributed by atoms with Crippen molar-refractivity contribution in [2.24, 2.45) is 0 Å². The van der Waals surface area contributed by atoms with Gasteiger partial charge < -0.3 is 15.5 Å². The van der Waals surface area contributed by atoms with Gasteiger partial charge in [0.25, 0.3) is 0 Å². The summed E-state index contributed by atoms with van der Waals surface area (Å²) in [5, 5.41) is 2.99. The zero-order valence-corrected chi connectivity index (χ0v) is 14.0. The summed E-state index contributed by atoms with van der Waals surface area (Å²) in [6.45, 7) is 2.16. The summed E-state index contributed by atoms with van der Waals surface area (Å²) in [6.07, 6.45) is 3.69. The molecule has 4 aromatic rings. The number of anilines is 2. The Labute approximate surface area is 148 Å². The molecule has 3 heterocycles. The normalized spacial score (nSPS) is 11.0. The third-order valence-electron chi connectivity index (χ3n) is 4.02. The summed E-state index contributed by atoms with van der Waals surface area (Å²) in [5.41, 5.74) is 8.10. The van der Waals surface area contributed by atoms with Gasteiger partial charge in [0.1, 0.15) is 11.6 Å². The average molecular weight is 349 g/mol. The van der Waals surface area contributed by atoms with Crippen molar-refractivity contribution >= 4 is 17.4 Å². The number of halogens is 1. The zero-order chi connectivity index (χ0) is 18.1. The molecule has 0 aliphatic carbocycles. The highest BCUT2D eigenvalue weighted by Crippen LogP contribution is 2.19. The number of imidazole rings is 1. The number of aryl methyl sites for hydroxylation is 1. The second-order valence-corrected chi connectivity index (χ2v) is 5.80. The van der Waals surface area contributed by atoms with Gasteiger partial charge in [-0.2, -0.15) is 15.0 Å². The van der Waals surface area contributed by atoms with Crippen LogP contribution in [0.1, 0.15) is 11.4 Å². The number of pyridine rings is 1. The molecule has 0 saturated heterocycles. The Morgan fingerprint density at radius 3 is 2.81 bits per heavy atom. The minimum atomic E-state index is -0.289. The molecule has 8 heteroatoms. The van der Waals surface area contributed by atoms with Gasteiger partial charge in [-0.3, -0.25) is 0 Å². The molecule has 130 valence electrons. The van der Waals surface area contributed by atoms with Gasteiger partial charge in [-0.1, -0.05) is 18.2 Å². The van der Waals surface area contributed by atoms with E-state index in [1.807, 2.05) is 29.7 Å². The van der Waals surface area contributed by atoms with Crippen LogP contribution in [-0.4, -0.2) is 24.3 Å². The van der Waals surface area contributed by atoms with E-state index < -0.39 is 0 Å². The van der Waals surface area contributed by atoms with Gasteiger partial charge in [0.05, 0.1) is 11.7 Å². The number of hydrogen-bond donors (Lipinski definition) is 2. The van der Waals surface area contributed by atoms with Crippen molar-refractivity contribution in [2.75, 3.05) is 11.1 Å². The van der Waals surface area contributed by atoms with E-state index in [1.54, 1.807) is 24.4 Å². The molecule has 3 aromatic heterocycles. The quantitative estimate of drug-likeness (QED) is 0.588. The molecule has 3 N–H and O–H groups in total. The first kappa shape index (κ1) is 15.9. The molecule has 0 unspecified atom stereocenters. The number of nitrogens with one attached hydrogen (secondary N) is 1. The van der Waals surface area contributed by atoms with Gasteiger partial charge >= 0.3 is 0 Å². The molecule has 7 nitrogen and oxygen atoms in total. The lowest BCUT2D eigenvalue weighted by molar-refractivity contribution is 0.612. The van der Waals surface area contributed by atoms with Crippen LogP contribution in [0, 0.1) is 12.7 Å². The van der Waals surface area contributed by atoms with E-state index in [9.17, 15) is 4.39 Å². The third-order valence-corrected chi connectivity index (χ3v) is 4.02. The van der Waals surface area contributed by atoms with Crippen LogP contribution in [0.15, 0.2) is 48.8 Å². The van der Waals surface area contributed by atoms with Crippen molar-refractivity contribution in [3.05, 3.63) is 66.0 Å². The smallest absolute Gasteiger partial charge is 0.228 e. The van der Waals surface area contributed by atoms with E-state index in [0.29, 0.717) is 17.3 Å². The third kappa shape index (κ3) is 3.04. The highest BCUT2D eigenvalue weighted by Gasteiger charge is 2.10. The maximum atomic E-state index is 13.7. The fourth-order valence-corrected chi connectivity index (χ4v) is 2.67. The Hall–Kier alpha value is -3.55. The van der Waals surface area contributed by atoms with Gasteiger partial charge in [0.2, 0.25) is 11.9 Å². The lowest BCUT2D eigenvalue weighted by atomic mass is 10.2. The Bertz CT molecular complexity index is 1090. The monoisotopic (exact) mass is 349 g/mol. The highest BCUT2D eigenvalue weighted by atomic mass is 19.1. The molecule has 4 rings (SSSR count). The Morgan fingerprint density at radius 1 is 1.12 bits per heavy atom. The van der Waals surface area contributed by atoms with E-state index in [4.69, 9.17) is 5.73 Å². The molecule has 0 bridgehead atoms. The summed E-state index contributed by atoms with van der Waals surface area (Å²) in [4.78, 5) is 17.0. The number of hydrogen-bond acceptors (Lipinski definition) is 6. The van der Waals surface area contributed by atoms with Crippen LogP contribution in [0.2, 0.25) is 0 Å². The molecular weight excluding hydrogens is 333 g/mol. The lowest BCUT2D eigenvalue weighted by Crippen LogP contribution is -2.09. The number of benzene rings is 1. The van der Waals surface area contributed by atoms with Crippen LogP contribution < -0.4 is 11.1 Å². The molecule has 0 spiro atoms. The fourth-order valence-electron chi connectivity index (χ4n) is 2.67. The molecule has 0 aliphatic heterocycles. The van der Waals surface area contributed by atoms with E-state index in [2.05, 4.69) is 25.3 Å². The molecule has 0 saturated carbocycles. The van der Waals surface area contributed by atoms with Crippen molar-refractivity contribution in [1.29, 1.82) is 0 Å². The maximum Gasteiger partial charge on any atom is 0.228 e. The highest BCUT2D eigenvalue weighted by molar-refractivity contribution is 5.61. The van der Waals surface area contributed by atoms with Gasteiger partial charge in [0.15, 0.2) is 5.82 Å². The SMILES string of the molecule is Cc1ncc2ccc(-c3nc(N)nc(NCc4ccccc4F)n3)cn12. The van der Waals surface area contributed by atoms with Crippen molar-refractivity contribution in [3.8, 4) is 11.4 Å². The van der Waals surface area contributed by atoms with Crippen LogP contribution in [0.25, 0.3) is 16.9 Å². The molecule has 0 aliphatic rings. The maximum absolute atomic E-state index is 13.7. The lowest BCUT2D eigenvalue weighted by Gasteiger charge is -2.08. The summed E-state index contributed by atoms with van der Waals surface area (Å²) in [7, 11) is 0. The van der Waals surface area contributed by atoms with Crippen LogP contribution in [-0.2, 0) is 6.54 Å². The second-order valence-electron chi connectivity index (χ2n) is 5.80. The van der Waals surface area contributed by atoms with Crippen molar-refractivity contribution < 1.29 is 4.39 Å². The predicted molar refractivity (Wildman–Crippen MR) is 96.9 cm³/mol. The van der Waals surface area contributed by atoms with E-state index >= 15 is 0 Å². The second kappa shape index (κ2) is 6.40. The molecule has 1 aromatic carbocycles. The minimum absolute atomic E-state index is 0.0912. The fraction of sp³-hybridized carbons (Fsp3) is 0.111. The van der Waals surface area contributed by atoms with E-state index in [0.717, 1.165) is 16.9 Å². The minimum Gasteiger partial charge on any atom is -0.368 e. The number of fused-ring (bicyclic) bond motifs is 1. The number of nitrogens with two attached hydrogens (primary N) is 1. The number of nitrogen functional groups attached to an aromatic ring is 1. The molecular formula is C18H16FN7. The molecule has 0 fully saturated rings. The zero-order valence-electron chi connectivity index (χ0n) is 14.0. The van der Waals surface area contributed by atoms with Crippen LogP contribution in [0.5, 0.6) is 0 Å². The summed E-state index contributed by atoms with van der Waals surface area (Å²) in [6, 6.07) is 10.4.